The molecule has 1 atom stereocenters. The van der Waals surface area contributed by atoms with Crippen molar-refractivity contribution in [2.24, 2.45) is 5.92 Å². The zero-order chi connectivity index (χ0) is 17.8. The Balaban J connectivity index is 1.64. The summed E-state index contributed by atoms with van der Waals surface area (Å²) in [6.07, 6.45) is 1.58. The van der Waals surface area contributed by atoms with Gasteiger partial charge < -0.3 is 14.7 Å². The number of ether oxygens (including phenoxy) is 1. The summed E-state index contributed by atoms with van der Waals surface area (Å²) in [4.78, 5) is 29.8. The number of methoxy groups -OCH3 is 1. The maximum absolute atomic E-state index is 12.4. The molecule has 0 bridgehead atoms. The monoisotopic (exact) mass is 360 g/mol. The first-order chi connectivity index (χ1) is 12.1. The summed E-state index contributed by atoms with van der Waals surface area (Å²) in [6, 6.07) is 7.62. The first-order valence-electron chi connectivity index (χ1n) is 8.16. The maximum atomic E-state index is 12.4. The standard InChI is InChI=1S/C18H20N2O4S/c1-24-15-6-4-12(5-7-15)17-19-14(11-25-17)9-16(21)20-8-2-3-13(10-20)18(22)23/h4-7,11,13H,2-3,8-10H2,1H3,(H,22,23)/t13-/m1/s1. The molecule has 1 aromatic carbocycles. The van der Waals surface area contributed by atoms with Crippen LogP contribution < -0.4 is 4.74 Å². The summed E-state index contributed by atoms with van der Waals surface area (Å²) in [5.74, 6) is -0.553. The van der Waals surface area contributed by atoms with E-state index in [2.05, 4.69) is 4.98 Å². The van der Waals surface area contributed by atoms with Crippen LogP contribution in [0.5, 0.6) is 5.75 Å². The van der Waals surface area contributed by atoms with E-state index in [4.69, 9.17) is 9.84 Å². The molecular weight excluding hydrogens is 340 g/mol. The van der Waals surface area contributed by atoms with E-state index in [1.54, 1.807) is 12.0 Å². The highest BCUT2D eigenvalue weighted by Gasteiger charge is 2.28. The molecule has 3 rings (SSSR count). The normalized spacial score (nSPS) is 17.3. The zero-order valence-electron chi connectivity index (χ0n) is 14.0. The fraction of sp³-hybridized carbons (Fsp3) is 0.389. The zero-order valence-corrected chi connectivity index (χ0v) is 14.8. The highest BCUT2D eigenvalue weighted by atomic mass is 32.1. The molecule has 0 unspecified atom stereocenters. The highest BCUT2D eigenvalue weighted by molar-refractivity contribution is 7.13. The van der Waals surface area contributed by atoms with E-state index in [9.17, 15) is 9.59 Å². The van der Waals surface area contributed by atoms with Gasteiger partial charge in [-0.1, -0.05) is 0 Å². The number of rotatable bonds is 5. The lowest BCUT2D eigenvalue weighted by molar-refractivity contribution is -0.145. The molecule has 0 spiro atoms. The topological polar surface area (TPSA) is 79.7 Å². The molecule has 0 saturated carbocycles. The molecule has 1 fully saturated rings. The maximum Gasteiger partial charge on any atom is 0.308 e. The number of nitrogens with zero attached hydrogens (tertiary/aromatic N) is 2. The van der Waals surface area contributed by atoms with Crippen molar-refractivity contribution >= 4 is 23.2 Å². The number of aromatic nitrogens is 1. The second-order valence-corrected chi connectivity index (χ2v) is 6.92. The Morgan fingerprint density at radius 2 is 2.12 bits per heavy atom. The first kappa shape index (κ1) is 17.4. The summed E-state index contributed by atoms with van der Waals surface area (Å²) >= 11 is 1.49. The van der Waals surface area contributed by atoms with E-state index in [1.807, 2.05) is 29.6 Å². The lowest BCUT2D eigenvalue weighted by atomic mass is 9.98. The van der Waals surface area contributed by atoms with Crippen molar-refractivity contribution in [1.29, 1.82) is 0 Å². The van der Waals surface area contributed by atoms with Crippen LogP contribution in [-0.2, 0) is 16.0 Å². The van der Waals surface area contributed by atoms with Crippen LogP contribution in [-0.4, -0.2) is 47.1 Å². The third-order valence-electron chi connectivity index (χ3n) is 4.34. The molecule has 25 heavy (non-hydrogen) atoms. The van der Waals surface area contributed by atoms with Gasteiger partial charge in [-0.25, -0.2) is 4.98 Å². The van der Waals surface area contributed by atoms with Crippen LogP contribution in [0.4, 0.5) is 0 Å². The van der Waals surface area contributed by atoms with Gasteiger partial charge in [0.05, 0.1) is 25.1 Å². The Morgan fingerprint density at radius 3 is 2.80 bits per heavy atom. The van der Waals surface area contributed by atoms with Crippen molar-refractivity contribution in [3.8, 4) is 16.3 Å². The molecule has 132 valence electrons. The summed E-state index contributed by atoms with van der Waals surface area (Å²) in [7, 11) is 1.62. The minimum atomic E-state index is -0.826. The smallest absolute Gasteiger partial charge is 0.308 e. The number of carboxylic acids is 1. The molecule has 2 aromatic rings. The molecular formula is C18H20N2O4S. The Labute approximate surface area is 150 Å². The van der Waals surface area contributed by atoms with Crippen molar-refractivity contribution in [1.82, 2.24) is 9.88 Å². The van der Waals surface area contributed by atoms with Gasteiger partial charge >= 0.3 is 5.97 Å². The molecule has 1 aromatic heterocycles. The van der Waals surface area contributed by atoms with E-state index in [0.717, 1.165) is 28.4 Å². The molecule has 1 aliphatic rings. The van der Waals surface area contributed by atoms with Crippen LogP contribution in [0.3, 0.4) is 0 Å². The van der Waals surface area contributed by atoms with Gasteiger partial charge in [0.25, 0.3) is 0 Å². The molecule has 1 saturated heterocycles. The lowest BCUT2D eigenvalue weighted by Crippen LogP contribution is -2.43. The minimum absolute atomic E-state index is 0.0578. The van der Waals surface area contributed by atoms with Gasteiger partial charge in [-0.15, -0.1) is 11.3 Å². The SMILES string of the molecule is COc1ccc(-c2nc(CC(=O)N3CCC[C@@H](C(=O)O)C3)cs2)cc1. The van der Waals surface area contributed by atoms with Gasteiger partial charge in [0.15, 0.2) is 0 Å². The van der Waals surface area contributed by atoms with Crippen molar-refractivity contribution in [3.05, 3.63) is 35.3 Å². The van der Waals surface area contributed by atoms with Crippen LogP contribution in [0.2, 0.25) is 0 Å². The van der Waals surface area contributed by atoms with Gasteiger partial charge in [-0.05, 0) is 37.1 Å². The van der Waals surface area contributed by atoms with Crippen LogP contribution in [0, 0.1) is 5.92 Å². The number of aliphatic carboxylic acids is 1. The van der Waals surface area contributed by atoms with Gasteiger partial charge in [-0.3, -0.25) is 9.59 Å². The first-order valence-corrected chi connectivity index (χ1v) is 9.04. The summed E-state index contributed by atoms with van der Waals surface area (Å²) in [5, 5.41) is 11.9. The van der Waals surface area contributed by atoms with Gasteiger partial charge in [0.1, 0.15) is 10.8 Å². The number of hydrogen-bond donors (Lipinski definition) is 1. The summed E-state index contributed by atoms with van der Waals surface area (Å²) in [5.41, 5.74) is 1.70. The number of carbonyl (C=O) groups is 2. The molecule has 1 amide bonds. The van der Waals surface area contributed by atoms with E-state index in [-0.39, 0.29) is 12.3 Å². The quantitative estimate of drug-likeness (QED) is 0.887. The molecule has 1 N–H and O–H groups in total. The minimum Gasteiger partial charge on any atom is -0.497 e. The number of hydrogen-bond acceptors (Lipinski definition) is 5. The average molecular weight is 360 g/mol. The van der Waals surface area contributed by atoms with Gasteiger partial charge in [0.2, 0.25) is 5.91 Å². The largest absolute Gasteiger partial charge is 0.497 e. The highest BCUT2D eigenvalue weighted by Crippen LogP contribution is 2.26. The Kier molecular flexibility index (Phi) is 5.33. The number of amides is 1. The van der Waals surface area contributed by atoms with Crippen molar-refractivity contribution < 1.29 is 19.4 Å². The second kappa shape index (κ2) is 7.65. The van der Waals surface area contributed by atoms with E-state index in [0.29, 0.717) is 19.5 Å². The predicted molar refractivity (Wildman–Crippen MR) is 94.7 cm³/mol. The second-order valence-electron chi connectivity index (χ2n) is 6.07. The fourth-order valence-electron chi connectivity index (χ4n) is 2.93. The molecule has 1 aliphatic heterocycles. The summed E-state index contributed by atoms with van der Waals surface area (Å²) in [6.45, 7) is 0.918. The van der Waals surface area contributed by atoms with E-state index in [1.165, 1.54) is 11.3 Å². The Bertz CT molecular complexity index is 757. The third kappa shape index (κ3) is 4.17. The number of benzene rings is 1. The van der Waals surface area contributed by atoms with Crippen molar-refractivity contribution in [2.75, 3.05) is 20.2 Å². The molecule has 0 aliphatic carbocycles. The molecule has 6 nitrogen and oxygen atoms in total. The van der Waals surface area contributed by atoms with E-state index >= 15 is 0 Å². The van der Waals surface area contributed by atoms with Crippen molar-refractivity contribution in [2.45, 2.75) is 19.3 Å². The number of piperidine rings is 1. The number of likely N-dealkylation sites (tertiary alicyclic amines) is 1. The van der Waals surface area contributed by atoms with Crippen LogP contribution in [0.15, 0.2) is 29.6 Å². The van der Waals surface area contributed by atoms with Crippen molar-refractivity contribution in [3.63, 3.8) is 0 Å². The lowest BCUT2D eigenvalue weighted by Gasteiger charge is -2.30. The van der Waals surface area contributed by atoms with Crippen LogP contribution in [0.25, 0.3) is 10.6 Å². The molecule has 0 radical (unpaired) electrons. The summed E-state index contributed by atoms with van der Waals surface area (Å²) < 4.78 is 5.15. The Morgan fingerprint density at radius 1 is 1.36 bits per heavy atom. The number of carbonyl (C=O) groups excluding carboxylic acids is 1. The third-order valence-corrected chi connectivity index (χ3v) is 5.28. The van der Waals surface area contributed by atoms with E-state index < -0.39 is 11.9 Å². The van der Waals surface area contributed by atoms with Gasteiger partial charge in [-0.2, -0.15) is 0 Å². The Hall–Kier alpha value is -2.41. The predicted octanol–water partition coefficient (Wildman–Crippen LogP) is 2.68. The fourth-order valence-corrected chi connectivity index (χ4v) is 3.75. The number of carboxylic acid groups (broad SMARTS) is 1. The van der Waals surface area contributed by atoms with Gasteiger partial charge in [0, 0.05) is 24.0 Å². The average Bonchev–Trinajstić information content (AvgIpc) is 3.10. The van der Waals surface area contributed by atoms with Crippen LogP contribution in [0.1, 0.15) is 18.5 Å². The molecule has 2 heterocycles. The van der Waals surface area contributed by atoms with Crippen LogP contribution >= 0.6 is 11.3 Å². The number of thiazole rings is 1. The molecule has 7 heteroatoms.